The van der Waals surface area contributed by atoms with Crippen molar-refractivity contribution < 1.29 is 9.84 Å². The number of ether oxygens (including phenoxy) is 1. The Morgan fingerprint density at radius 2 is 1.88 bits per heavy atom. The summed E-state index contributed by atoms with van der Waals surface area (Å²) in [5.74, 6) is 0.704. The van der Waals surface area contributed by atoms with E-state index in [0.717, 1.165) is 22.4 Å². The number of benzene rings is 2. The maximum absolute atomic E-state index is 9.58. The molecule has 0 saturated carbocycles. The normalized spacial score (nSPS) is 11.0. The van der Waals surface area contributed by atoms with Crippen LogP contribution in [0, 0.1) is 0 Å². The van der Waals surface area contributed by atoms with E-state index in [9.17, 15) is 5.11 Å². The Balaban J connectivity index is 1.89. The fourth-order valence-electron chi connectivity index (χ4n) is 2.67. The Labute approximate surface area is 142 Å². The van der Waals surface area contributed by atoms with Crippen molar-refractivity contribution >= 4 is 0 Å². The van der Waals surface area contributed by atoms with Crippen molar-refractivity contribution in [2.45, 2.75) is 33.1 Å². The summed E-state index contributed by atoms with van der Waals surface area (Å²) in [7, 11) is 0. The van der Waals surface area contributed by atoms with Crippen molar-refractivity contribution in [3.05, 3.63) is 71.9 Å². The van der Waals surface area contributed by atoms with E-state index in [-0.39, 0.29) is 12.6 Å². The van der Waals surface area contributed by atoms with Gasteiger partial charge in [-0.15, -0.1) is 0 Å². The van der Waals surface area contributed by atoms with E-state index in [1.807, 2.05) is 59.3 Å². The van der Waals surface area contributed by atoms with Crippen LogP contribution in [0.5, 0.6) is 5.75 Å². The molecule has 0 aliphatic heterocycles. The summed E-state index contributed by atoms with van der Waals surface area (Å²) in [6.45, 7) is 4.63. The standard InChI is InChI=1S/C20H22N2O2/c1-15(2)22-19(10-11-21-22)17-8-9-18(13-23)20(12-17)24-14-16-6-4-3-5-7-16/h3-12,15,23H,13-14H2,1-2H3. The lowest BCUT2D eigenvalue weighted by atomic mass is 10.1. The Hall–Kier alpha value is -2.59. The van der Waals surface area contributed by atoms with E-state index < -0.39 is 0 Å². The van der Waals surface area contributed by atoms with Crippen LogP contribution in [-0.2, 0) is 13.2 Å². The Kier molecular flexibility index (Phi) is 4.96. The third-order valence-electron chi connectivity index (χ3n) is 3.93. The van der Waals surface area contributed by atoms with Crippen LogP contribution in [-0.4, -0.2) is 14.9 Å². The number of hydrogen-bond donors (Lipinski definition) is 1. The number of rotatable bonds is 6. The van der Waals surface area contributed by atoms with E-state index in [0.29, 0.717) is 12.4 Å². The minimum Gasteiger partial charge on any atom is -0.489 e. The van der Waals surface area contributed by atoms with Gasteiger partial charge in [-0.25, -0.2) is 0 Å². The van der Waals surface area contributed by atoms with Crippen LogP contribution >= 0.6 is 0 Å². The highest BCUT2D eigenvalue weighted by atomic mass is 16.5. The monoisotopic (exact) mass is 322 g/mol. The third-order valence-corrected chi connectivity index (χ3v) is 3.93. The topological polar surface area (TPSA) is 47.3 Å². The lowest BCUT2D eigenvalue weighted by Gasteiger charge is -2.14. The summed E-state index contributed by atoms with van der Waals surface area (Å²) in [6.07, 6.45) is 1.81. The van der Waals surface area contributed by atoms with Crippen LogP contribution in [0.25, 0.3) is 11.3 Å². The highest BCUT2D eigenvalue weighted by Crippen LogP contribution is 2.29. The van der Waals surface area contributed by atoms with Gasteiger partial charge in [0, 0.05) is 23.4 Å². The average Bonchev–Trinajstić information content (AvgIpc) is 3.10. The second-order valence-electron chi connectivity index (χ2n) is 6.01. The fourth-order valence-corrected chi connectivity index (χ4v) is 2.67. The van der Waals surface area contributed by atoms with Gasteiger partial charge in [0.2, 0.25) is 0 Å². The van der Waals surface area contributed by atoms with Crippen LogP contribution in [0.15, 0.2) is 60.8 Å². The van der Waals surface area contributed by atoms with E-state index in [4.69, 9.17) is 4.74 Å². The van der Waals surface area contributed by atoms with E-state index in [1.165, 1.54) is 0 Å². The van der Waals surface area contributed by atoms with Gasteiger partial charge in [-0.1, -0.05) is 42.5 Å². The van der Waals surface area contributed by atoms with Crippen LogP contribution < -0.4 is 4.74 Å². The summed E-state index contributed by atoms with van der Waals surface area (Å²) in [5.41, 5.74) is 3.95. The van der Waals surface area contributed by atoms with Gasteiger partial charge in [-0.2, -0.15) is 5.10 Å². The minimum atomic E-state index is -0.0478. The molecular weight excluding hydrogens is 300 g/mol. The molecular formula is C20H22N2O2. The molecule has 4 heteroatoms. The predicted octanol–water partition coefficient (Wildman–Crippen LogP) is 4.20. The van der Waals surface area contributed by atoms with Gasteiger partial charge in [0.1, 0.15) is 12.4 Å². The molecule has 0 amide bonds. The number of aromatic nitrogens is 2. The smallest absolute Gasteiger partial charge is 0.125 e. The van der Waals surface area contributed by atoms with Gasteiger partial charge >= 0.3 is 0 Å². The summed E-state index contributed by atoms with van der Waals surface area (Å²) < 4.78 is 7.94. The maximum Gasteiger partial charge on any atom is 0.125 e. The summed E-state index contributed by atoms with van der Waals surface area (Å²) in [6, 6.07) is 18.2. The molecule has 1 aromatic heterocycles. The SMILES string of the molecule is CC(C)n1nccc1-c1ccc(CO)c(OCc2ccccc2)c1. The van der Waals surface area contributed by atoms with Crippen molar-refractivity contribution in [3.8, 4) is 17.0 Å². The van der Waals surface area contributed by atoms with E-state index in [2.05, 4.69) is 18.9 Å². The first-order chi connectivity index (χ1) is 11.7. The molecule has 0 atom stereocenters. The van der Waals surface area contributed by atoms with Crippen LogP contribution in [0.4, 0.5) is 0 Å². The number of aliphatic hydroxyl groups is 1. The lowest BCUT2D eigenvalue weighted by Crippen LogP contribution is -2.05. The van der Waals surface area contributed by atoms with Gasteiger partial charge in [0.25, 0.3) is 0 Å². The van der Waals surface area contributed by atoms with Crippen molar-refractivity contribution in [1.29, 1.82) is 0 Å². The third kappa shape index (κ3) is 3.49. The average molecular weight is 322 g/mol. The minimum absolute atomic E-state index is 0.0478. The Morgan fingerprint density at radius 1 is 1.08 bits per heavy atom. The van der Waals surface area contributed by atoms with Gasteiger partial charge in [0.05, 0.1) is 12.3 Å². The first-order valence-corrected chi connectivity index (χ1v) is 8.13. The summed E-state index contributed by atoms with van der Waals surface area (Å²) in [4.78, 5) is 0. The van der Waals surface area contributed by atoms with Crippen molar-refractivity contribution in [1.82, 2.24) is 9.78 Å². The first-order valence-electron chi connectivity index (χ1n) is 8.13. The molecule has 0 saturated heterocycles. The molecule has 1 heterocycles. The zero-order chi connectivity index (χ0) is 16.9. The molecule has 3 rings (SSSR count). The number of hydrogen-bond acceptors (Lipinski definition) is 3. The van der Waals surface area contributed by atoms with Crippen molar-refractivity contribution in [2.24, 2.45) is 0 Å². The molecule has 0 spiro atoms. The molecule has 2 aromatic carbocycles. The van der Waals surface area contributed by atoms with E-state index in [1.54, 1.807) is 6.20 Å². The Morgan fingerprint density at radius 3 is 2.58 bits per heavy atom. The second kappa shape index (κ2) is 7.32. The molecule has 0 unspecified atom stereocenters. The largest absolute Gasteiger partial charge is 0.489 e. The van der Waals surface area contributed by atoms with Crippen LogP contribution in [0.1, 0.15) is 31.0 Å². The molecule has 124 valence electrons. The van der Waals surface area contributed by atoms with Crippen LogP contribution in [0.3, 0.4) is 0 Å². The van der Waals surface area contributed by atoms with Gasteiger partial charge < -0.3 is 9.84 Å². The van der Waals surface area contributed by atoms with Gasteiger partial charge in [-0.05, 0) is 31.5 Å². The quantitative estimate of drug-likeness (QED) is 0.740. The van der Waals surface area contributed by atoms with Crippen molar-refractivity contribution in [3.63, 3.8) is 0 Å². The molecule has 3 aromatic rings. The molecule has 0 bridgehead atoms. The Bertz CT molecular complexity index is 794. The first kappa shape index (κ1) is 16.3. The zero-order valence-corrected chi connectivity index (χ0v) is 14.0. The highest BCUT2D eigenvalue weighted by Gasteiger charge is 2.11. The zero-order valence-electron chi connectivity index (χ0n) is 14.0. The van der Waals surface area contributed by atoms with E-state index >= 15 is 0 Å². The molecule has 0 aliphatic carbocycles. The van der Waals surface area contributed by atoms with Crippen molar-refractivity contribution in [2.75, 3.05) is 0 Å². The maximum atomic E-state index is 9.58. The molecule has 4 nitrogen and oxygen atoms in total. The van der Waals surface area contributed by atoms with Gasteiger partial charge in [0.15, 0.2) is 0 Å². The lowest BCUT2D eigenvalue weighted by molar-refractivity contribution is 0.259. The molecule has 24 heavy (non-hydrogen) atoms. The van der Waals surface area contributed by atoms with Crippen LogP contribution in [0.2, 0.25) is 0 Å². The summed E-state index contributed by atoms with van der Waals surface area (Å²) in [5, 5.41) is 14.0. The summed E-state index contributed by atoms with van der Waals surface area (Å²) >= 11 is 0. The van der Waals surface area contributed by atoms with Gasteiger partial charge in [-0.3, -0.25) is 4.68 Å². The molecule has 0 fully saturated rings. The molecule has 0 aliphatic rings. The fraction of sp³-hybridized carbons (Fsp3) is 0.250. The number of nitrogens with zero attached hydrogens (tertiary/aromatic N) is 2. The molecule has 0 radical (unpaired) electrons. The molecule has 1 N–H and O–H groups in total. The number of aliphatic hydroxyl groups excluding tert-OH is 1. The highest BCUT2D eigenvalue weighted by molar-refractivity contribution is 5.63. The second-order valence-corrected chi connectivity index (χ2v) is 6.01. The predicted molar refractivity (Wildman–Crippen MR) is 94.7 cm³/mol.